The van der Waals surface area contributed by atoms with Crippen molar-refractivity contribution in [2.75, 3.05) is 7.11 Å². The lowest BCUT2D eigenvalue weighted by atomic mass is 9.40. The number of hydrogen-bond donors (Lipinski definition) is 0. The number of ether oxygens (including phenoxy) is 4. The molecule has 2 bridgehead atoms. The van der Waals surface area contributed by atoms with E-state index in [1.807, 2.05) is 6.92 Å². The third-order valence-electron chi connectivity index (χ3n) is 9.73. The van der Waals surface area contributed by atoms with Crippen LogP contribution in [0.1, 0.15) is 73.1 Å². The Hall–Kier alpha value is -2.38. The summed E-state index contributed by atoms with van der Waals surface area (Å²) in [6.45, 7) is 12.5. The fourth-order valence-electron chi connectivity index (χ4n) is 8.85. The second-order valence-electron chi connectivity index (χ2n) is 11.6. The zero-order valence-corrected chi connectivity index (χ0v) is 21.7. The first-order valence-corrected chi connectivity index (χ1v) is 12.6. The van der Waals surface area contributed by atoms with Gasteiger partial charge in [0.1, 0.15) is 18.3 Å². The van der Waals surface area contributed by atoms with Gasteiger partial charge in [-0.1, -0.05) is 19.9 Å². The molecule has 194 valence electrons. The fraction of sp³-hybridized carbons (Fsp3) is 0.778. The summed E-state index contributed by atoms with van der Waals surface area (Å²) >= 11 is 0. The molecule has 4 aliphatic rings. The van der Waals surface area contributed by atoms with Crippen molar-refractivity contribution in [3.05, 3.63) is 12.2 Å². The molecule has 9 atom stereocenters. The van der Waals surface area contributed by atoms with Gasteiger partial charge in [-0.15, -0.1) is 0 Å². The van der Waals surface area contributed by atoms with Gasteiger partial charge in [0, 0.05) is 38.0 Å². The monoisotopic (exact) mass is 490 g/mol. The van der Waals surface area contributed by atoms with Crippen molar-refractivity contribution >= 4 is 23.9 Å². The third kappa shape index (κ3) is 3.70. The first-order chi connectivity index (χ1) is 16.3. The van der Waals surface area contributed by atoms with Crippen molar-refractivity contribution in [2.24, 2.45) is 34.0 Å². The molecule has 0 aromatic heterocycles. The highest BCUT2D eigenvalue weighted by atomic mass is 16.6. The molecule has 4 saturated carbocycles. The number of fused-ring (bicyclic) bond motifs is 3. The lowest BCUT2D eigenvalue weighted by Crippen LogP contribution is -2.66. The highest BCUT2D eigenvalue weighted by Crippen LogP contribution is 2.73. The topological polar surface area (TPSA) is 105 Å². The zero-order valence-electron chi connectivity index (χ0n) is 21.7. The Kier molecular flexibility index (Phi) is 6.34. The van der Waals surface area contributed by atoms with Crippen LogP contribution in [0.25, 0.3) is 0 Å². The number of rotatable bonds is 4. The van der Waals surface area contributed by atoms with Crippen LogP contribution in [0, 0.1) is 34.0 Å². The first-order valence-electron chi connectivity index (χ1n) is 12.6. The average molecular weight is 491 g/mol. The molecule has 4 rings (SSSR count). The molecule has 0 N–H and O–H groups in total. The number of carbonyl (C=O) groups is 4. The fourth-order valence-corrected chi connectivity index (χ4v) is 8.85. The van der Waals surface area contributed by atoms with Crippen molar-refractivity contribution in [2.45, 2.75) is 91.5 Å². The normalized spacial score (nSPS) is 43.9. The molecule has 0 heterocycles. The van der Waals surface area contributed by atoms with E-state index in [2.05, 4.69) is 13.5 Å². The van der Waals surface area contributed by atoms with E-state index in [1.165, 1.54) is 27.9 Å². The average Bonchev–Trinajstić information content (AvgIpc) is 2.97. The summed E-state index contributed by atoms with van der Waals surface area (Å²) in [5, 5.41) is 0. The lowest BCUT2D eigenvalue weighted by molar-refractivity contribution is -0.244. The van der Waals surface area contributed by atoms with E-state index in [-0.39, 0.29) is 23.7 Å². The molecule has 0 aromatic carbocycles. The highest BCUT2D eigenvalue weighted by Gasteiger charge is 2.74. The molecule has 1 spiro atoms. The molecule has 8 nitrogen and oxygen atoms in total. The zero-order chi connectivity index (χ0) is 25.9. The Morgan fingerprint density at radius 2 is 1.49 bits per heavy atom. The summed E-state index contributed by atoms with van der Waals surface area (Å²) in [6.07, 6.45) is 2.35. The van der Waals surface area contributed by atoms with Gasteiger partial charge < -0.3 is 18.9 Å². The predicted molar refractivity (Wildman–Crippen MR) is 125 cm³/mol. The number of esters is 4. The summed E-state index contributed by atoms with van der Waals surface area (Å²) in [5.41, 5.74) is -0.958. The van der Waals surface area contributed by atoms with Crippen LogP contribution < -0.4 is 0 Å². The SMILES string of the molecule is C=C1[C@@H]2C[C@@]3(CC[C@H]4[C@@](C)(CCC[C@@]4(C)C(=O)OC)[C@@H]3[C@H](OC(C)=O)[C@@H]2OC(C)=O)[C@H]1OC(C)=O. The van der Waals surface area contributed by atoms with Crippen LogP contribution in [0.5, 0.6) is 0 Å². The van der Waals surface area contributed by atoms with Gasteiger partial charge in [-0.3, -0.25) is 19.2 Å². The minimum absolute atomic E-state index is 0.0359. The summed E-state index contributed by atoms with van der Waals surface area (Å²) in [4.78, 5) is 49.9. The molecule has 0 aromatic rings. The Morgan fingerprint density at radius 1 is 0.886 bits per heavy atom. The van der Waals surface area contributed by atoms with E-state index in [0.29, 0.717) is 24.8 Å². The van der Waals surface area contributed by atoms with Crippen molar-refractivity contribution in [3.8, 4) is 0 Å². The Balaban J connectivity index is 1.92. The van der Waals surface area contributed by atoms with Crippen LogP contribution >= 0.6 is 0 Å². The van der Waals surface area contributed by atoms with E-state index in [0.717, 1.165) is 19.3 Å². The lowest BCUT2D eigenvalue weighted by Gasteiger charge is -2.65. The smallest absolute Gasteiger partial charge is 0.311 e. The van der Waals surface area contributed by atoms with Gasteiger partial charge in [0.2, 0.25) is 0 Å². The Labute approximate surface area is 207 Å². The number of carbonyl (C=O) groups excluding carboxylic acids is 4. The molecule has 0 saturated heterocycles. The van der Waals surface area contributed by atoms with Crippen LogP contribution in [0.2, 0.25) is 0 Å². The summed E-state index contributed by atoms with van der Waals surface area (Å²) in [7, 11) is 1.42. The van der Waals surface area contributed by atoms with E-state index in [1.54, 1.807) is 0 Å². The van der Waals surface area contributed by atoms with Crippen LogP contribution in [-0.4, -0.2) is 49.3 Å². The van der Waals surface area contributed by atoms with Crippen molar-refractivity contribution in [1.82, 2.24) is 0 Å². The molecule has 0 aliphatic heterocycles. The Bertz CT molecular complexity index is 957. The maximum Gasteiger partial charge on any atom is 0.311 e. The van der Waals surface area contributed by atoms with Gasteiger partial charge in [-0.25, -0.2) is 0 Å². The number of methoxy groups -OCH3 is 1. The quantitative estimate of drug-likeness (QED) is 0.333. The summed E-state index contributed by atoms with van der Waals surface area (Å²) < 4.78 is 23.0. The number of hydrogen-bond acceptors (Lipinski definition) is 8. The van der Waals surface area contributed by atoms with Crippen LogP contribution in [0.4, 0.5) is 0 Å². The molecule has 0 radical (unpaired) electrons. The molecule has 4 aliphatic carbocycles. The second kappa shape index (κ2) is 8.63. The maximum absolute atomic E-state index is 13.1. The van der Waals surface area contributed by atoms with Crippen molar-refractivity contribution < 1.29 is 38.1 Å². The minimum atomic E-state index is -0.736. The van der Waals surface area contributed by atoms with Crippen LogP contribution in [0.3, 0.4) is 0 Å². The largest absolute Gasteiger partial charge is 0.469 e. The standard InChI is InChI=1S/C27H38O8/c1-14-18-13-27(23(14)35-17(4)30)12-9-19-25(5,10-8-11-26(19,6)24(31)32-7)22(27)21(34-16(3)29)20(18)33-15(2)28/h18-23H,1,8-13H2,2-7H3/t18-,19-,20+,21+,22-,23-,25+,26+,27+/m0/s1. The molecule has 35 heavy (non-hydrogen) atoms. The van der Waals surface area contributed by atoms with E-state index in [9.17, 15) is 19.2 Å². The van der Waals surface area contributed by atoms with Gasteiger partial charge in [-0.05, 0) is 55.9 Å². The molecular formula is C27H38O8. The Morgan fingerprint density at radius 3 is 2.06 bits per heavy atom. The predicted octanol–water partition coefficient (Wildman–Crippen LogP) is 3.75. The molecule has 0 unspecified atom stereocenters. The van der Waals surface area contributed by atoms with Gasteiger partial charge in [0.15, 0.2) is 0 Å². The first kappa shape index (κ1) is 25.7. The maximum atomic E-state index is 13.1. The third-order valence-corrected chi connectivity index (χ3v) is 9.73. The molecule has 4 fully saturated rings. The summed E-state index contributed by atoms with van der Waals surface area (Å²) in [5.74, 6) is -2.19. The highest BCUT2D eigenvalue weighted by molar-refractivity contribution is 5.77. The van der Waals surface area contributed by atoms with Crippen LogP contribution in [0.15, 0.2) is 12.2 Å². The second-order valence-corrected chi connectivity index (χ2v) is 11.6. The molecular weight excluding hydrogens is 452 g/mol. The van der Waals surface area contributed by atoms with E-state index in [4.69, 9.17) is 18.9 Å². The van der Waals surface area contributed by atoms with Crippen LogP contribution in [-0.2, 0) is 38.1 Å². The van der Waals surface area contributed by atoms with Crippen molar-refractivity contribution in [1.29, 1.82) is 0 Å². The van der Waals surface area contributed by atoms with Gasteiger partial charge >= 0.3 is 23.9 Å². The van der Waals surface area contributed by atoms with Gasteiger partial charge in [-0.2, -0.15) is 0 Å². The van der Waals surface area contributed by atoms with E-state index >= 15 is 0 Å². The van der Waals surface area contributed by atoms with Crippen molar-refractivity contribution in [3.63, 3.8) is 0 Å². The van der Waals surface area contributed by atoms with Gasteiger partial charge in [0.25, 0.3) is 0 Å². The summed E-state index contributed by atoms with van der Waals surface area (Å²) in [6, 6.07) is 0. The van der Waals surface area contributed by atoms with Gasteiger partial charge in [0.05, 0.1) is 12.5 Å². The minimum Gasteiger partial charge on any atom is -0.469 e. The van der Waals surface area contributed by atoms with E-state index < -0.39 is 52.5 Å². The molecule has 0 amide bonds. The molecule has 8 heteroatoms.